The molecule has 13 heavy (non-hydrogen) atoms. The zero-order valence-electron chi connectivity index (χ0n) is 6.62. The maximum atomic E-state index is 12.7. The van der Waals surface area contributed by atoms with Crippen molar-refractivity contribution in [3.8, 4) is 5.75 Å². The summed E-state index contributed by atoms with van der Waals surface area (Å²) < 4.78 is 48.5. The summed E-state index contributed by atoms with van der Waals surface area (Å²) in [5, 5.41) is 0. The smallest absolute Gasteiger partial charge is 0.355 e. The quantitative estimate of drug-likeness (QED) is 0.695. The zero-order chi connectivity index (χ0) is 10.1. The predicted molar refractivity (Wildman–Crippen MR) is 41.8 cm³/mol. The maximum absolute atomic E-state index is 12.7. The van der Waals surface area contributed by atoms with Crippen LogP contribution >= 0.6 is 0 Å². The van der Waals surface area contributed by atoms with E-state index in [1.165, 1.54) is 6.07 Å². The summed E-state index contributed by atoms with van der Waals surface area (Å²) in [6.07, 6.45) is 0. The molecule has 0 saturated heterocycles. The summed E-state index contributed by atoms with van der Waals surface area (Å²) in [6, 6.07) is 3.50. The number of aryl methyl sites for hydroxylation is 1. The molecule has 72 valence electrons. The van der Waals surface area contributed by atoms with E-state index in [2.05, 4.69) is 4.18 Å². The molecule has 0 fully saturated rings. The molecule has 1 aromatic rings. The lowest BCUT2D eigenvalue weighted by atomic mass is 10.2. The van der Waals surface area contributed by atoms with Crippen LogP contribution in [0.5, 0.6) is 5.75 Å². The van der Waals surface area contributed by atoms with Crippen molar-refractivity contribution < 1.29 is 20.9 Å². The Labute approximate surface area is 74.4 Å². The van der Waals surface area contributed by atoms with E-state index in [4.69, 9.17) is 0 Å². The Kier molecular flexibility index (Phi) is 2.51. The average Bonchev–Trinajstić information content (AvgIpc) is 1.94. The fourth-order valence-electron chi connectivity index (χ4n) is 0.782. The van der Waals surface area contributed by atoms with Gasteiger partial charge in [-0.15, -0.1) is 0 Å². The SMILES string of the molecule is Cc1ccc(F)c(OS(=O)(=O)F)c1. The summed E-state index contributed by atoms with van der Waals surface area (Å²) in [5.74, 6) is -1.56. The second kappa shape index (κ2) is 3.29. The topological polar surface area (TPSA) is 43.4 Å². The van der Waals surface area contributed by atoms with E-state index >= 15 is 0 Å². The van der Waals surface area contributed by atoms with E-state index < -0.39 is 22.1 Å². The normalized spacial score (nSPS) is 11.3. The lowest BCUT2D eigenvalue weighted by Gasteiger charge is -2.01. The van der Waals surface area contributed by atoms with Crippen molar-refractivity contribution >= 4 is 10.5 Å². The molecule has 0 spiro atoms. The first-order valence-electron chi connectivity index (χ1n) is 3.29. The van der Waals surface area contributed by atoms with Gasteiger partial charge >= 0.3 is 10.5 Å². The number of hydrogen-bond donors (Lipinski definition) is 0. The first-order chi connectivity index (χ1) is 5.88. The van der Waals surface area contributed by atoms with Crippen molar-refractivity contribution in [2.24, 2.45) is 0 Å². The second-order valence-electron chi connectivity index (χ2n) is 2.41. The minimum atomic E-state index is -5.16. The van der Waals surface area contributed by atoms with Crippen molar-refractivity contribution in [2.75, 3.05) is 0 Å². The van der Waals surface area contributed by atoms with Gasteiger partial charge in [0, 0.05) is 0 Å². The second-order valence-corrected chi connectivity index (χ2v) is 3.36. The van der Waals surface area contributed by atoms with Gasteiger partial charge < -0.3 is 4.18 Å². The molecule has 0 heterocycles. The van der Waals surface area contributed by atoms with Crippen LogP contribution < -0.4 is 4.18 Å². The number of hydrogen-bond acceptors (Lipinski definition) is 3. The molecule has 1 aromatic carbocycles. The third kappa shape index (κ3) is 2.98. The van der Waals surface area contributed by atoms with E-state index in [1.54, 1.807) is 6.92 Å². The standard InChI is InChI=1S/C7H6F2O3S/c1-5-2-3-6(8)7(4-5)12-13(9,10)11/h2-4H,1H3. The summed E-state index contributed by atoms with van der Waals surface area (Å²) in [6.45, 7) is 1.59. The highest BCUT2D eigenvalue weighted by Crippen LogP contribution is 2.20. The fourth-order valence-corrected chi connectivity index (χ4v) is 1.12. The first-order valence-corrected chi connectivity index (χ1v) is 4.59. The van der Waals surface area contributed by atoms with E-state index in [0.29, 0.717) is 5.56 Å². The van der Waals surface area contributed by atoms with Gasteiger partial charge in [-0.25, -0.2) is 4.39 Å². The molecule has 1 rings (SSSR count). The van der Waals surface area contributed by atoms with Crippen molar-refractivity contribution in [1.82, 2.24) is 0 Å². The molecule has 0 radical (unpaired) electrons. The highest BCUT2D eigenvalue weighted by atomic mass is 32.3. The molecule has 0 aliphatic rings. The van der Waals surface area contributed by atoms with Crippen LogP contribution in [0.2, 0.25) is 0 Å². The molecule has 0 saturated carbocycles. The Morgan fingerprint density at radius 1 is 1.38 bits per heavy atom. The van der Waals surface area contributed by atoms with Crippen molar-refractivity contribution in [3.63, 3.8) is 0 Å². The van der Waals surface area contributed by atoms with Crippen molar-refractivity contribution in [1.29, 1.82) is 0 Å². The third-order valence-corrected chi connectivity index (χ3v) is 1.65. The molecule has 3 nitrogen and oxygen atoms in total. The Morgan fingerprint density at radius 2 is 2.00 bits per heavy atom. The number of benzene rings is 1. The molecule has 0 unspecified atom stereocenters. The molecular weight excluding hydrogens is 202 g/mol. The molecule has 0 aliphatic heterocycles. The average molecular weight is 208 g/mol. The van der Waals surface area contributed by atoms with E-state index in [1.807, 2.05) is 0 Å². The summed E-state index contributed by atoms with van der Waals surface area (Å²) in [4.78, 5) is 0. The van der Waals surface area contributed by atoms with Crippen LogP contribution in [-0.4, -0.2) is 8.42 Å². The monoisotopic (exact) mass is 208 g/mol. The minimum Gasteiger partial charge on any atom is -0.355 e. The molecule has 0 aromatic heterocycles. The molecule has 0 atom stereocenters. The van der Waals surface area contributed by atoms with Crippen LogP contribution in [0.15, 0.2) is 18.2 Å². The third-order valence-electron chi connectivity index (χ3n) is 1.28. The lowest BCUT2D eigenvalue weighted by molar-refractivity contribution is 0.423. The van der Waals surface area contributed by atoms with Gasteiger partial charge in [0.15, 0.2) is 11.6 Å². The molecular formula is C7H6F2O3S. The lowest BCUT2D eigenvalue weighted by Crippen LogP contribution is -2.02. The van der Waals surface area contributed by atoms with Crippen LogP contribution in [0, 0.1) is 12.7 Å². The highest BCUT2D eigenvalue weighted by molar-refractivity contribution is 7.81. The van der Waals surface area contributed by atoms with E-state index in [0.717, 1.165) is 12.1 Å². The largest absolute Gasteiger partial charge is 0.488 e. The van der Waals surface area contributed by atoms with Crippen molar-refractivity contribution in [2.45, 2.75) is 6.92 Å². The zero-order valence-corrected chi connectivity index (χ0v) is 7.44. The Bertz CT molecular complexity index is 414. The van der Waals surface area contributed by atoms with Crippen LogP contribution in [-0.2, 0) is 10.5 Å². The molecule has 0 bridgehead atoms. The molecule has 0 amide bonds. The van der Waals surface area contributed by atoms with Crippen LogP contribution in [0.4, 0.5) is 8.28 Å². The predicted octanol–water partition coefficient (Wildman–Crippen LogP) is 1.73. The van der Waals surface area contributed by atoms with Crippen LogP contribution in [0.1, 0.15) is 5.56 Å². The molecule has 0 aliphatic carbocycles. The molecule has 0 N–H and O–H groups in total. The van der Waals surface area contributed by atoms with Crippen LogP contribution in [0.3, 0.4) is 0 Å². The Morgan fingerprint density at radius 3 is 2.54 bits per heavy atom. The van der Waals surface area contributed by atoms with Gasteiger partial charge in [0.05, 0.1) is 0 Å². The van der Waals surface area contributed by atoms with E-state index in [-0.39, 0.29) is 0 Å². The Hall–Kier alpha value is -1.17. The van der Waals surface area contributed by atoms with Gasteiger partial charge in [-0.05, 0) is 24.6 Å². The summed E-state index contributed by atoms with van der Waals surface area (Å²) in [7, 11) is -5.16. The van der Waals surface area contributed by atoms with Gasteiger partial charge in [-0.3, -0.25) is 0 Å². The first kappa shape index (κ1) is 9.91. The number of rotatable bonds is 2. The van der Waals surface area contributed by atoms with Crippen molar-refractivity contribution in [3.05, 3.63) is 29.6 Å². The van der Waals surface area contributed by atoms with Gasteiger partial charge in [0.1, 0.15) is 0 Å². The fraction of sp³-hybridized carbons (Fsp3) is 0.143. The maximum Gasteiger partial charge on any atom is 0.488 e. The molecule has 6 heteroatoms. The summed E-state index contributed by atoms with van der Waals surface area (Å²) in [5.41, 5.74) is 0.569. The van der Waals surface area contributed by atoms with Gasteiger partial charge in [-0.1, -0.05) is 9.95 Å². The number of halogens is 2. The van der Waals surface area contributed by atoms with Gasteiger partial charge in [-0.2, -0.15) is 8.42 Å². The van der Waals surface area contributed by atoms with Gasteiger partial charge in [0.2, 0.25) is 0 Å². The van der Waals surface area contributed by atoms with E-state index in [9.17, 15) is 16.7 Å². The van der Waals surface area contributed by atoms with Gasteiger partial charge in [0.25, 0.3) is 0 Å². The van der Waals surface area contributed by atoms with Crippen LogP contribution in [0.25, 0.3) is 0 Å². The minimum absolute atomic E-state index is 0.569. The summed E-state index contributed by atoms with van der Waals surface area (Å²) >= 11 is 0. The Balaban J connectivity index is 3.08. The highest BCUT2D eigenvalue weighted by Gasteiger charge is 2.13.